The number of benzene rings is 2. The van der Waals surface area contributed by atoms with Crippen LogP contribution >= 0.6 is 0 Å². The van der Waals surface area contributed by atoms with Gasteiger partial charge < -0.3 is 19.9 Å². The molecule has 0 saturated heterocycles. The molecule has 0 aliphatic carbocycles. The van der Waals surface area contributed by atoms with Gasteiger partial charge in [-0.15, -0.1) is 0 Å². The van der Waals surface area contributed by atoms with E-state index >= 15 is 4.39 Å². The van der Waals surface area contributed by atoms with E-state index < -0.39 is 17.6 Å². The van der Waals surface area contributed by atoms with Crippen molar-refractivity contribution in [2.45, 2.75) is 59.7 Å². The molecule has 1 aromatic heterocycles. The summed E-state index contributed by atoms with van der Waals surface area (Å²) in [5.41, 5.74) is 8.56. The highest BCUT2D eigenvalue weighted by molar-refractivity contribution is 5.75. The summed E-state index contributed by atoms with van der Waals surface area (Å²) in [5, 5.41) is 0. The maximum Gasteiger partial charge on any atom is 0.514 e. The maximum absolute atomic E-state index is 15.2. The van der Waals surface area contributed by atoms with E-state index in [-0.39, 0.29) is 18.8 Å². The fourth-order valence-electron chi connectivity index (χ4n) is 3.59. The molecule has 0 fully saturated rings. The maximum atomic E-state index is 15.2. The fourth-order valence-corrected chi connectivity index (χ4v) is 3.59. The molecule has 7 nitrogen and oxygen atoms in total. The fraction of sp³-hybridized carbons (Fsp3) is 0.385. The van der Waals surface area contributed by atoms with Crippen molar-refractivity contribution in [2.75, 3.05) is 6.61 Å². The number of imidazole rings is 1. The lowest BCUT2D eigenvalue weighted by atomic mass is 10.0. The number of hydrogen-bond acceptors (Lipinski definition) is 6. The Bertz CT molecular complexity index is 1150. The Kier molecular flexibility index (Phi) is 7.94. The van der Waals surface area contributed by atoms with Crippen LogP contribution in [-0.4, -0.2) is 27.9 Å². The van der Waals surface area contributed by atoms with Crippen LogP contribution in [0.25, 0.3) is 11.1 Å². The van der Waals surface area contributed by atoms with Crippen molar-refractivity contribution < 1.29 is 23.4 Å². The first-order valence-corrected chi connectivity index (χ1v) is 11.4. The second kappa shape index (κ2) is 10.7. The van der Waals surface area contributed by atoms with Crippen molar-refractivity contribution in [1.82, 2.24) is 9.55 Å². The minimum absolute atomic E-state index is 0.233. The molecule has 0 saturated carbocycles. The molecule has 34 heavy (non-hydrogen) atoms. The van der Waals surface area contributed by atoms with Gasteiger partial charge in [-0.2, -0.15) is 4.98 Å². The summed E-state index contributed by atoms with van der Waals surface area (Å²) in [5.74, 6) is -0.114. The number of nitrogens with two attached hydrogens (primary N) is 1. The molecule has 2 N–H and O–H groups in total. The number of hydrogen-bond donors (Lipinski definition) is 1. The Labute approximate surface area is 199 Å². The molecule has 0 aliphatic heterocycles. The van der Waals surface area contributed by atoms with Gasteiger partial charge in [0.25, 0.3) is 6.01 Å². The van der Waals surface area contributed by atoms with Gasteiger partial charge in [0.1, 0.15) is 17.2 Å². The Morgan fingerprint density at radius 2 is 1.88 bits per heavy atom. The summed E-state index contributed by atoms with van der Waals surface area (Å²) in [7, 11) is 0. The zero-order valence-corrected chi connectivity index (χ0v) is 20.4. The van der Waals surface area contributed by atoms with Gasteiger partial charge in [0.2, 0.25) is 0 Å². The van der Waals surface area contributed by atoms with Crippen LogP contribution in [0.3, 0.4) is 0 Å². The molecule has 3 rings (SSSR count). The van der Waals surface area contributed by atoms with Crippen molar-refractivity contribution in [3.8, 4) is 22.9 Å². The molecule has 2 aromatic carbocycles. The summed E-state index contributed by atoms with van der Waals surface area (Å²) in [6, 6.07) is 12.3. The van der Waals surface area contributed by atoms with Crippen LogP contribution in [0.2, 0.25) is 0 Å². The van der Waals surface area contributed by atoms with Gasteiger partial charge >= 0.3 is 6.16 Å². The van der Waals surface area contributed by atoms with Crippen molar-refractivity contribution >= 4 is 6.16 Å². The molecular weight excluding hydrogens is 437 g/mol. The zero-order chi connectivity index (χ0) is 24.9. The van der Waals surface area contributed by atoms with Gasteiger partial charge in [0.05, 0.1) is 24.5 Å². The standard InChI is InChI=1S/C26H32FN3O4/c1-6-21-22(15-28)30(24(29-21)32-7-2)16-18-13-12-17(14-20(18)27)19-10-8-9-11-23(19)33-25(31)34-26(3,4)5/h8-14H,6-7,15-16,28H2,1-5H3. The minimum atomic E-state index is -0.818. The monoisotopic (exact) mass is 469 g/mol. The summed E-state index contributed by atoms with van der Waals surface area (Å²) in [4.78, 5) is 16.7. The molecule has 3 aromatic rings. The van der Waals surface area contributed by atoms with Gasteiger partial charge in [-0.3, -0.25) is 4.57 Å². The highest BCUT2D eigenvalue weighted by Gasteiger charge is 2.21. The highest BCUT2D eigenvalue weighted by atomic mass is 19.1. The lowest BCUT2D eigenvalue weighted by molar-refractivity contribution is 0.0207. The number of carbonyl (C=O) groups is 1. The van der Waals surface area contributed by atoms with Gasteiger partial charge in [-0.05, 0) is 51.8 Å². The summed E-state index contributed by atoms with van der Waals surface area (Å²) >= 11 is 0. The van der Waals surface area contributed by atoms with E-state index in [1.807, 2.05) is 18.4 Å². The lowest BCUT2D eigenvalue weighted by Gasteiger charge is -2.19. The van der Waals surface area contributed by atoms with Crippen molar-refractivity contribution in [2.24, 2.45) is 5.73 Å². The Morgan fingerprint density at radius 3 is 2.50 bits per heavy atom. The third kappa shape index (κ3) is 5.94. The first-order valence-electron chi connectivity index (χ1n) is 11.4. The number of aromatic nitrogens is 2. The van der Waals surface area contributed by atoms with Crippen molar-refractivity contribution in [3.63, 3.8) is 0 Å². The normalized spacial score (nSPS) is 11.4. The molecule has 1 heterocycles. The second-order valence-electron chi connectivity index (χ2n) is 8.73. The van der Waals surface area contributed by atoms with E-state index in [1.54, 1.807) is 57.2 Å². The molecule has 0 spiro atoms. The number of carbonyl (C=O) groups excluding carboxylic acids is 1. The molecule has 0 atom stereocenters. The molecule has 0 unspecified atom stereocenters. The van der Waals surface area contributed by atoms with Crippen LogP contribution in [0.5, 0.6) is 11.8 Å². The van der Waals surface area contributed by atoms with E-state index in [4.69, 9.17) is 19.9 Å². The minimum Gasteiger partial charge on any atom is -0.465 e. The third-order valence-electron chi connectivity index (χ3n) is 5.08. The average Bonchev–Trinajstić information content (AvgIpc) is 3.10. The van der Waals surface area contributed by atoms with E-state index in [0.717, 1.165) is 11.4 Å². The number of rotatable bonds is 8. The third-order valence-corrected chi connectivity index (χ3v) is 5.08. The van der Waals surface area contributed by atoms with Crippen LogP contribution in [0.4, 0.5) is 9.18 Å². The van der Waals surface area contributed by atoms with Crippen LogP contribution in [0, 0.1) is 5.82 Å². The van der Waals surface area contributed by atoms with Crippen LogP contribution in [0.15, 0.2) is 42.5 Å². The first-order chi connectivity index (χ1) is 16.2. The van der Waals surface area contributed by atoms with Crippen LogP contribution in [0.1, 0.15) is 51.6 Å². The summed E-state index contributed by atoms with van der Waals surface area (Å²) in [6.07, 6.45) is -0.114. The smallest absolute Gasteiger partial charge is 0.465 e. The molecule has 182 valence electrons. The molecular formula is C26H32FN3O4. The van der Waals surface area contributed by atoms with Crippen LogP contribution in [-0.2, 0) is 24.2 Å². The van der Waals surface area contributed by atoms with Gasteiger partial charge in [-0.1, -0.05) is 37.3 Å². The predicted molar refractivity (Wildman–Crippen MR) is 128 cm³/mol. The second-order valence-corrected chi connectivity index (χ2v) is 8.73. The molecule has 8 heteroatoms. The summed E-state index contributed by atoms with van der Waals surface area (Å²) in [6.45, 7) is 10.1. The largest absolute Gasteiger partial charge is 0.514 e. The molecule has 0 amide bonds. The topological polar surface area (TPSA) is 88.6 Å². The Balaban J connectivity index is 1.91. The molecule has 0 aliphatic rings. The van der Waals surface area contributed by atoms with E-state index in [9.17, 15) is 4.79 Å². The van der Waals surface area contributed by atoms with E-state index in [0.29, 0.717) is 35.7 Å². The van der Waals surface area contributed by atoms with Gasteiger partial charge in [0, 0.05) is 17.7 Å². The zero-order valence-electron chi connectivity index (χ0n) is 20.4. The number of aryl methyl sites for hydroxylation is 1. The molecule has 0 radical (unpaired) electrons. The summed E-state index contributed by atoms with van der Waals surface area (Å²) < 4.78 is 33.4. The number of para-hydroxylation sites is 1. The van der Waals surface area contributed by atoms with Gasteiger partial charge in [0.15, 0.2) is 0 Å². The average molecular weight is 470 g/mol. The molecule has 0 bridgehead atoms. The number of ether oxygens (including phenoxy) is 3. The van der Waals surface area contributed by atoms with Gasteiger partial charge in [-0.25, -0.2) is 9.18 Å². The predicted octanol–water partition coefficient (Wildman–Crippen LogP) is 5.47. The number of halogens is 1. The SMILES string of the molecule is CCOc1nc(CC)c(CN)n1Cc1ccc(-c2ccccc2OC(=O)OC(C)(C)C)cc1F. The van der Waals surface area contributed by atoms with Crippen molar-refractivity contribution in [1.29, 1.82) is 0 Å². The first kappa shape index (κ1) is 25.2. The van der Waals surface area contributed by atoms with Crippen molar-refractivity contribution in [3.05, 3.63) is 65.2 Å². The Hall–Kier alpha value is -3.39. The lowest BCUT2D eigenvalue weighted by Crippen LogP contribution is -2.26. The van der Waals surface area contributed by atoms with Crippen LogP contribution < -0.4 is 15.2 Å². The Morgan fingerprint density at radius 1 is 1.15 bits per heavy atom. The quantitative estimate of drug-likeness (QED) is 0.348. The number of nitrogens with zero attached hydrogens (tertiary/aromatic N) is 2. The highest BCUT2D eigenvalue weighted by Crippen LogP contribution is 2.32. The van der Waals surface area contributed by atoms with E-state index in [1.165, 1.54) is 6.07 Å². The van der Waals surface area contributed by atoms with E-state index in [2.05, 4.69) is 4.98 Å².